The summed E-state index contributed by atoms with van der Waals surface area (Å²) >= 11 is 0. The maximum Gasteiger partial charge on any atom is 0.342 e. The van der Waals surface area contributed by atoms with Crippen LogP contribution in [0.1, 0.15) is 74.4 Å². The number of benzene rings is 1. The molecule has 9 heteroatoms. The SMILES string of the molecule is CCOC(=O)c1c(C)oc(NC(=O)c2ccc3c(c2)C(=O)CC(C)(C)O3)c1C(N)=O. The van der Waals surface area contributed by atoms with E-state index in [0.29, 0.717) is 11.3 Å². The van der Waals surface area contributed by atoms with Crippen LogP contribution in [0.25, 0.3) is 0 Å². The van der Waals surface area contributed by atoms with Crippen molar-refractivity contribution in [2.24, 2.45) is 5.73 Å². The van der Waals surface area contributed by atoms with Gasteiger partial charge in [-0.25, -0.2) is 4.79 Å². The van der Waals surface area contributed by atoms with Crippen LogP contribution < -0.4 is 15.8 Å². The maximum absolute atomic E-state index is 12.7. The zero-order valence-electron chi connectivity index (χ0n) is 17.1. The number of carbonyl (C=O) groups excluding carboxylic acids is 4. The third-order valence-corrected chi connectivity index (χ3v) is 4.55. The number of anilines is 1. The van der Waals surface area contributed by atoms with Gasteiger partial charge in [0.15, 0.2) is 5.78 Å². The number of hydrogen-bond acceptors (Lipinski definition) is 7. The van der Waals surface area contributed by atoms with Crippen LogP contribution in [-0.4, -0.2) is 35.8 Å². The van der Waals surface area contributed by atoms with Crippen LogP contribution in [0.2, 0.25) is 0 Å². The van der Waals surface area contributed by atoms with Crippen molar-refractivity contribution in [2.75, 3.05) is 11.9 Å². The van der Waals surface area contributed by atoms with Crippen molar-refractivity contribution in [2.45, 2.75) is 39.7 Å². The number of esters is 1. The maximum atomic E-state index is 12.7. The molecule has 9 nitrogen and oxygen atoms in total. The van der Waals surface area contributed by atoms with Gasteiger partial charge in [-0.05, 0) is 45.9 Å². The fraction of sp³-hybridized carbons (Fsp3) is 0.333. The number of nitrogens with two attached hydrogens (primary N) is 1. The molecule has 1 aromatic heterocycles. The molecule has 0 spiro atoms. The molecule has 158 valence electrons. The average Bonchev–Trinajstić information content (AvgIpc) is 2.96. The van der Waals surface area contributed by atoms with Gasteiger partial charge in [0.05, 0.1) is 18.6 Å². The summed E-state index contributed by atoms with van der Waals surface area (Å²) in [6.45, 7) is 6.76. The van der Waals surface area contributed by atoms with E-state index in [9.17, 15) is 19.2 Å². The van der Waals surface area contributed by atoms with Gasteiger partial charge in [0.25, 0.3) is 11.8 Å². The van der Waals surface area contributed by atoms with Gasteiger partial charge in [-0.15, -0.1) is 0 Å². The molecule has 2 heterocycles. The van der Waals surface area contributed by atoms with Crippen LogP contribution >= 0.6 is 0 Å². The first kappa shape index (κ1) is 21.1. The van der Waals surface area contributed by atoms with E-state index in [1.165, 1.54) is 25.1 Å². The molecule has 0 saturated heterocycles. The lowest BCUT2D eigenvalue weighted by atomic mass is 9.92. The van der Waals surface area contributed by atoms with E-state index < -0.39 is 23.4 Å². The largest absolute Gasteiger partial charge is 0.487 e. The molecule has 1 aliphatic heterocycles. The van der Waals surface area contributed by atoms with Gasteiger partial charge in [-0.1, -0.05) is 0 Å². The van der Waals surface area contributed by atoms with Gasteiger partial charge in [0.2, 0.25) is 5.88 Å². The summed E-state index contributed by atoms with van der Waals surface area (Å²) in [5.74, 6) is -2.34. The average molecular weight is 414 g/mol. The summed E-state index contributed by atoms with van der Waals surface area (Å²) in [7, 11) is 0. The van der Waals surface area contributed by atoms with Gasteiger partial charge in [-0.3, -0.25) is 19.7 Å². The number of primary amides is 1. The van der Waals surface area contributed by atoms with Gasteiger partial charge in [0, 0.05) is 5.56 Å². The highest BCUT2D eigenvalue weighted by atomic mass is 16.5. The summed E-state index contributed by atoms with van der Waals surface area (Å²) < 4.78 is 16.1. The number of furan rings is 1. The lowest BCUT2D eigenvalue weighted by Crippen LogP contribution is -2.36. The van der Waals surface area contributed by atoms with Crippen molar-refractivity contribution in [3.05, 3.63) is 46.2 Å². The van der Waals surface area contributed by atoms with Gasteiger partial charge < -0.3 is 19.6 Å². The number of Topliss-reactive ketones (excluding diaryl/α,β-unsaturated/α-hetero) is 1. The quantitative estimate of drug-likeness (QED) is 0.717. The number of ether oxygens (including phenoxy) is 2. The molecule has 2 amide bonds. The summed E-state index contributed by atoms with van der Waals surface area (Å²) in [6.07, 6.45) is 0.178. The summed E-state index contributed by atoms with van der Waals surface area (Å²) in [5.41, 5.74) is 4.78. The second kappa shape index (κ2) is 7.66. The molecular formula is C21H22N2O7. The van der Waals surface area contributed by atoms with Crippen LogP contribution in [0.15, 0.2) is 22.6 Å². The minimum atomic E-state index is -0.957. The molecule has 0 radical (unpaired) electrons. The number of carbonyl (C=O) groups is 4. The number of amides is 2. The Balaban J connectivity index is 1.93. The highest BCUT2D eigenvalue weighted by Crippen LogP contribution is 2.34. The molecule has 1 aliphatic rings. The van der Waals surface area contributed by atoms with E-state index in [1.807, 2.05) is 0 Å². The van der Waals surface area contributed by atoms with Crippen molar-refractivity contribution in [3.8, 4) is 5.75 Å². The van der Waals surface area contributed by atoms with E-state index in [0.717, 1.165) is 0 Å². The Hall–Kier alpha value is -3.62. The Kier molecular flexibility index (Phi) is 5.39. The van der Waals surface area contributed by atoms with Crippen molar-refractivity contribution < 1.29 is 33.1 Å². The number of rotatable bonds is 5. The highest BCUT2D eigenvalue weighted by Gasteiger charge is 2.33. The Morgan fingerprint density at radius 3 is 2.57 bits per heavy atom. The van der Waals surface area contributed by atoms with E-state index in [-0.39, 0.29) is 47.1 Å². The van der Waals surface area contributed by atoms with E-state index in [2.05, 4.69) is 5.32 Å². The van der Waals surface area contributed by atoms with Crippen LogP contribution in [-0.2, 0) is 4.74 Å². The molecule has 0 saturated carbocycles. The minimum Gasteiger partial charge on any atom is -0.487 e. The fourth-order valence-corrected chi connectivity index (χ4v) is 3.29. The standard InChI is InChI=1S/C21H22N2O7/c1-5-28-20(27)15-10(2)29-19(16(15)17(22)25)23-18(26)11-6-7-14-12(8-11)13(24)9-21(3,4)30-14/h6-8H,5,9H2,1-4H3,(H2,22,25)(H,23,26). The number of ketones is 1. The van der Waals surface area contributed by atoms with Crippen LogP contribution in [0, 0.1) is 6.92 Å². The van der Waals surface area contributed by atoms with Crippen molar-refractivity contribution in [3.63, 3.8) is 0 Å². The number of hydrogen-bond donors (Lipinski definition) is 2. The first-order valence-corrected chi connectivity index (χ1v) is 9.32. The van der Waals surface area contributed by atoms with Crippen molar-refractivity contribution >= 4 is 29.5 Å². The second-order valence-corrected chi connectivity index (χ2v) is 7.45. The monoisotopic (exact) mass is 414 g/mol. The molecule has 0 bridgehead atoms. The Morgan fingerprint density at radius 2 is 1.93 bits per heavy atom. The molecule has 3 N–H and O–H groups in total. The molecule has 0 fully saturated rings. The Bertz CT molecular complexity index is 1070. The molecule has 3 rings (SSSR count). The predicted molar refractivity (Wildman–Crippen MR) is 106 cm³/mol. The smallest absolute Gasteiger partial charge is 0.342 e. The zero-order chi connectivity index (χ0) is 22.2. The molecular weight excluding hydrogens is 392 g/mol. The van der Waals surface area contributed by atoms with Crippen LogP contribution in [0.4, 0.5) is 5.88 Å². The van der Waals surface area contributed by atoms with Gasteiger partial charge >= 0.3 is 5.97 Å². The molecule has 0 unspecified atom stereocenters. The topological polar surface area (TPSA) is 138 Å². The molecule has 2 aromatic rings. The van der Waals surface area contributed by atoms with Crippen molar-refractivity contribution in [1.82, 2.24) is 0 Å². The summed E-state index contributed by atoms with van der Waals surface area (Å²) in [5, 5.41) is 2.44. The lowest BCUT2D eigenvalue weighted by molar-refractivity contribution is 0.0520. The fourth-order valence-electron chi connectivity index (χ4n) is 3.29. The van der Waals surface area contributed by atoms with E-state index in [1.54, 1.807) is 20.8 Å². The molecule has 1 aromatic carbocycles. The van der Waals surface area contributed by atoms with Crippen LogP contribution in [0.5, 0.6) is 5.75 Å². The Labute approximate surface area is 172 Å². The molecule has 0 aliphatic carbocycles. The zero-order valence-corrected chi connectivity index (χ0v) is 17.1. The van der Waals surface area contributed by atoms with E-state index in [4.69, 9.17) is 19.6 Å². The highest BCUT2D eigenvalue weighted by molar-refractivity contribution is 6.13. The molecule has 30 heavy (non-hydrogen) atoms. The third kappa shape index (κ3) is 3.91. The predicted octanol–water partition coefficient (Wildman–Crippen LogP) is 2.86. The van der Waals surface area contributed by atoms with Gasteiger partial charge in [0.1, 0.15) is 28.2 Å². The minimum absolute atomic E-state index is 0.0776. The summed E-state index contributed by atoms with van der Waals surface area (Å²) in [4.78, 5) is 49.2. The second-order valence-electron chi connectivity index (χ2n) is 7.45. The summed E-state index contributed by atoms with van der Waals surface area (Å²) in [6, 6.07) is 4.43. The first-order chi connectivity index (χ1) is 14.0. The Morgan fingerprint density at radius 1 is 1.23 bits per heavy atom. The van der Waals surface area contributed by atoms with Crippen molar-refractivity contribution in [1.29, 1.82) is 0 Å². The number of fused-ring (bicyclic) bond motifs is 1. The normalized spacial score (nSPS) is 14.5. The van der Waals surface area contributed by atoms with Crippen LogP contribution in [0.3, 0.4) is 0 Å². The van der Waals surface area contributed by atoms with E-state index >= 15 is 0 Å². The lowest BCUT2D eigenvalue weighted by Gasteiger charge is -2.31. The first-order valence-electron chi connectivity index (χ1n) is 9.32. The number of nitrogens with one attached hydrogen (secondary N) is 1. The van der Waals surface area contributed by atoms with Gasteiger partial charge in [-0.2, -0.15) is 0 Å². The third-order valence-electron chi connectivity index (χ3n) is 4.55. The number of aryl methyl sites for hydroxylation is 1. The molecule has 0 atom stereocenters.